The van der Waals surface area contributed by atoms with E-state index in [4.69, 9.17) is 0 Å². The Balaban J connectivity index is 2.20. The molecule has 0 amide bonds. The number of hydrogen-bond donors (Lipinski definition) is 0. The van der Waals surface area contributed by atoms with Gasteiger partial charge in [0.25, 0.3) is 0 Å². The van der Waals surface area contributed by atoms with E-state index >= 15 is 0 Å². The van der Waals surface area contributed by atoms with Gasteiger partial charge in [-0.2, -0.15) is 0 Å². The quantitative estimate of drug-likeness (QED) is 0.768. The van der Waals surface area contributed by atoms with Gasteiger partial charge >= 0.3 is 0 Å². The van der Waals surface area contributed by atoms with Crippen LogP contribution in [0.4, 0.5) is 0 Å². The Labute approximate surface area is 153 Å². The van der Waals surface area contributed by atoms with Gasteiger partial charge in [-0.25, -0.2) is 0 Å². The van der Waals surface area contributed by atoms with Crippen molar-refractivity contribution in [2.75, 3.05) is 41.3 Å². The molecular weight excluding hydrogens is 304 g/mol. The summed E-state index contributed by atoms with van der Waals surface area (Å²) in [5, 5.41) is 0. The van der Waals surface area contributed by atoms with Gasteiger partial charge in [0.15, 0.2) is 0 Å². The van der Waals surface area contributed by atoms with Crippen molar-refractivity contribution in [2.45, 2.75) is 32.1 Å². The van der Waals surface area contributed by atoms with Gasteiger partial charge in [0.2, 0.25) is 0 Å². The summed E-state index contributed by atoms with van der Waals surface area (Å²) in [4.78, 5) is 4.64. The maximum absolute atomic E-state index is 2.44. The highest BCUT2D eigenvalue weighted by Crippen LogP contribution is 2.53. The maximum atomic E-state index is 2.44. The van der Waals surface area contributed by atoms with Crippen LogP contribution in [-0.2, 0) is 5.41 Å². The molecule has 2 heteroatoms. The van der Waals surface area contributed by atoms with E-state index in [-0.39, 0.29) is 5.41 Å². The van der Waals surface area contributed by atoms with Crippen molar-refractivity contribution in [1.29, 1.82) is 0 Å². The third kappa shape index (κ3) is 3.38. The first-order valence-electron chi connectivity index (χ1n) is 9.35. The van der Waals surface area contributed by atoms with Gasteiger partial charge in [0.1, 0.15) is 0 Å². The van der Waals surface area contributed by atoms with Crippen molar-refractivity contribution < 1.29 is 0 Å². The van der Waals surface area contributed by atoms with Crippen LogP contribution in [0.3, 0.4) is 0 Å². The standard InChI is InChI=1S/C23H32N2/c1-17-7-9-19-20-10-8-18(2)16-22(20)23(21(19)15-17,11-13-24(3)4)12-14-25(5)6/h7-10,15-16H,11-14H2,1-6H3. The molecule has 0 unspecified atom stereocenters. The molecule has 0 aromatic heterocycles. The Kier molecular flexibility index (Phi) is 5.04. The minimum absolute atomic E-state index is 0.122. The van der Waals surface area contributed by atoms with Crippen LogP contribution in [0.2, 0.25) is 0 Å². The molecule has 0 saturated carbocycles. The Morgan fingerprint density at radius 1 is 0.680 bits per heavy atom. The normalized spacial score (nSPS) is 14.9. The molecule has 3 rings (SSSR count). The van der Waals surface area contributed by atoms with Crippen LogP contribution in [0.15, 0.2) is 36.4 Å². The van der Waals surface area contributed by atoms with Gasteiger partial charge in [-0.1, -0.05) is 47.5 Å². The highest BCUT2D eigenvalue weighted by atomic mass is 15.1. The second-order valence-electron chi connectivity index (χ2n) is 8.29. The van der Waals surface area contributed by atoms with Crippen molar-refractivity contribution >= 4 is 0 Å². The molecule has 0 aliphatic heterocycles. The van der Waals surface area contributed by atoms with Gasteiger partial charge < -0.3 is 9.80 Å². The third-order valence-electron chi connectivity index (χ3n) is 5.64. The molecule has 1 aliphatic carbocycles. The lowest BCUT2D eigenvalue weighted by Gasteiger charge is -2.35. The molecule has 0 heterocycles. The fourth-order valence-electron chi connectivity index (χ4n) is 4.22. The van der Waals surface area contributed by atoms with Crippen molar-refractivity contribution in [1.82, 2.24) is 9.80 Å². The van der Waals surface area contributed by atoms with Gasteiger partial charge in [-0.15, -0.1) is 0 Å². The van der Waals surface area contributed by atoms with Crippen LogP contribution in [-0.4, -0.2) is 51.1 Å². The minimum Gasteiger partial charge on any atom is -0.309 e. The molecule has 0 radical (unpaired) electrons. The summed E-state index contributed by atoms with van der Waals surface area (Å²) in [6, 6.07) is 14.1. The van der Waals surface area contributed by atoms with Crippen LogP contribution in [0, 0.1) is 13.8 Å². The minimum atomic E-state index is 0.122. The molecule has 2 aromatic carbocycles. The van der Waals surface area contributed by atoms with E-state index in [9.17, 15) is 0 Å². The van der Waals surface area contributed by atoms with Gasteiger partial charge in [0, 0.05) is 5.41 Å². The van der Waals surface area contributed by atoms with Gasteiger partial charge in [-0.3, -0.25) is 0 Å². The summed E-state index contributed by atoms with van der Waals surface area (Å²) < 4.78 is 0. The van der Waals surface area contributed by atoms with Crippen LogP contribution < -0.4 is 0 Å². The molecule has 1 aliphatic rings. The average Bonchev–Trinajstić information content (AvgIpc) is 2.80. The number of rotatable bonds is 6. The predicted octanol–water partition coefficient (Wildman–Crippen LogP) is 4.47. The molecule has 0 bridgehead atoms. The SMILES string of the molecule is Cc1ccc2c(c1)C(CCN(C)C)(CCN(C)C)c1cc(C)ccc1-2. The fraction of sp³-hybridized carbons (Fsp3) is 0.478. The van der Waals surface area contributed by atoms with Crippen LogP contribution >= 0.6 is 0 Å². The monoisotopic (exact) mass is 336 g/mol. The predicted molar refractivity (Wildman–Crippen MR) is 108 cm³/mol. The fourth-order valence-corrected chi connectivity index (χ4v) is 4.22. The molecule has 2 aromatic rings. The van der Waals surface area contributed by atoms with Crippen LogP contribution in [0.1, 0.15) is 35.1 Å². The molecule has 0 spiro atoms. The molecule has 134 valence electrons. The van der Waals surface area contributed by atoms with E-state index in [1.54, 1.807) is 0 Å². The van der Waals surface area contributed by atoms with Crippen LogP contribution in [0.25, 0.3) is 11.1 Å². The van der Waals surface area contributed by atoms with E-state index in [1.807, 2.05) is 0 Å². The third-order valence-corrected chi connectivity index (χ3v) is 5.64. The average molecular weight is 337 g/mol. The zero-order valence-corrected chi connectivity index (χ0v) is 16.7. The molecular formula is C23H32N2. The van der Waals surface area contributed by atoms with E-state index in [1.165, 1.54) is 46.2 Å². The Morgan fingerprint density at radius 3 is 1.44 bits per heavy atom. The van der Waals surface area contributed by atoms with E-state index in [0.29, 0.717) is 0 Å². The lowest BCUT2D eigenvalue weighted by Crippen LogP contribution is -2.33. The van der Waals surface area contributed by atoms with E-state index in [2.05, 4.69) is 88.2 Å². The summed E-state index contributed by atoms with van der Waals surface area (Å²) in [5.41, 5.74) is 8.81. The topological polar surface area (TPSA) is 6.48 Å². The summed E-state index contributed by atoms with van der Waals surface area (Å²) in [5.74, 6) is 0. The summed E-state index contributed by atoms with van der Waals surface area (Å²) in [6.07, 6.45) is 2.33. The first-order valence-corrected chi connectivity index (χ1v) is 9.35. The maximum Gasteiger partial charge on any atom is 0.0239 e. The number of aryl methyl sites for hydroxylation is 2. The van der Waals surface area contributed by atoms with E-state index < -0.39 is 0 Å². The van der Waals surface area contributed by atoms with Crippen molar-refractivity contribution in [3.8, 4) is 11.1 Å². The summed E-state index contributed by atoms with van der Waals surface area (Å²) in [6.45, 7) is 6.65. The van der Waals surface area contributed by atoms with Crippen LogP contribution in [0.5, 0.6) is 0 Å². The molecule has 2 nitrogen and oxygen atoms in total. The largest absolute Gasteiger partial charge is 0.309 e. The van der Waals surface area contributed by atoms with Crippen molar-refractivity contribution in [2.24, 2.45) is 0 Å². The second-order valence-corrected chi connectivity index (χ2v) is 8.29. The Morgan fingerprint density at radius 2 is 1.08 bits per heavy atom. The molecule has 25 heavy (non-hydrogen) atoms. The Hall–Kier alpha value is -1.64. The van der Waals surface area contributed by atoms with E-state index in [0.717, 1.165) is 13.1 Å². The Bertz CT molecular complexity index is 693. The lowest BCUT2D eigenvalue weighted by molar-refractivity contribution is 0.300. The zero-order chi connectivity index (χ0) is 18.2. The molecule has 0 saturated heterocycles. The highest BCUT2D eigenvalue weighted by Gasteiger charge is 2.42. The number of nitrogens with zero attached hydrogens (tertiary/aromatic N) is 2. The summed E-state index contributed by atoms with van der Waals surface area (Å²) in [7, 11) is 8.73. The second kappa shape index (κ2) is 6.93. The zero-order valence-electron chi connectivity index (χ0n) is 16.7. The van der Waals surface area contributed by atoms with Gasteiger partial charge in [0.05, 0.1) is 0 Å². The first kappa shape index (κ1) is 18.2. The van der Waals surface area contributed by atoms with Crippen molar-refractivity contribution in [3.63, 3.8) is 0 Å². The number of fused-ring (bicyclic) bond motifs is 3. The molecule has 0 N–H and O–H groups in total. The smallest absolute Gasteiger partial charge is 0.0239 e. The van der Waals surface area contributed by atoms with Gasteiger partial charge in [-0.05, 0) is 90.2 Å². The highest BCUT2D eigenvalue weighted by molar-refractivity contribution is 5.81. The first-order chi connectivity index (χ1) is 11.8. The number of hydrogen-bond acceptors (Lipinski definition) is 2. The molecule has 0 atom stereocenters. The molecule has 0 fully saturated rings. The summed E-state index contributed by atoms with van der Waals surface area (Å²) >= 11 is 0. The number of benzene rings is 2. The lowest BCUT2D eigenvalue weighted by atomic mass is 9.72. The van der Waals surface area contributed by atoms with Crippen molar-refractivity contribution in [3.05, 3.63) is 58.7 Å².